The number of thioether (sulfide) groups is 1. The molecule has 0 aliphatic rings. The van der Waals surface area contributed by atoms with Crippen molar-refractivity contribution < 1.29 is 9.72 Å². The van der Waals surface area contributed by atoms with Crippen molar-refractivity contribution in [3.05, 3.63) is 33.3 Å². The fourth-order valence-corrected chi connectivity index (χ4v) is 3.39. The predicted molar refractivity (Wildman–Crippen MR) is 96.1 cm³/mol. The average Bonchev–Trinajstić information content (AvgIpc) is 3.00. The second-order valence-corrected chi connectivity index (χ2v) is 7.17. The highest BCUT2D eigenvalue weighted by Crippen LogP contribution is 2.28. The molecule has 0 bridgehead atoms. The molecule has 0 spiro atoms. The zero-order valence-electron chi connectivity index (χ0n) is 12.6. The molecular weight excluding hydrogens is 374 g/mol. The first-order chi connectivity index (χ1) is 11.5. The molecule has 1 amide bonds. The van der Waals surface area contributed by atoms with Crippen molar-refractivity contribution in [3.8, 4) is 0 Å². The van der Waals surface area contributed by atoms with Crippen LogP contribution in [0.2, 0.25) is 5.02 Å². The second kappa shape index (κ2) is 8.81. The minimum atomic E-state index is -0.598. The van der Waals surface area contributed by atoms with Gasteiger partial charge in [0.15, 0.2) is 4.34 Å². The van der Waals surface area contributed by atoms with Gasteiger partial charge in [-0.1, -0.05) is 41.6 Å². The van der Waals surface area contributed by atoms with Crippen molar-refractivity contribution in [2.45, 2.75) is 17.7 Å². The molecule has 2 aromatic rings. The summed E-state index contributed by atoms with van der Waals surface area (Å²) >= 11 is 8.35. The molecule has 0 radical (unpaired) electrons. The first kappa shape index (κ1) is 18.4. The smallest absolute Gasteiger partial charge is 0.289 e. The van der Waals surface area contributed by atoms with Crippen molar-refractivity contribution in [2.24, 2.45) is 0 Å². The van der Waals surface area contributed by atoms with Crippen LogP contribution in [0.4, 0.5) is 16.5 Å². The third kappa shape index (κ3) is 5.32. The van der Waals surface area contributed by atoms with Crippen LogP contribution in [-0.4, -0.2) is 33.3 Å². The standard InChI is InChI=1S/C13H14ClN5O3S2/c1-2-5-15-12-17-18-13(24-12)23-7-11(20)16-8-3-4-9(14)10(6-8)19(21)22/h3-4,6H,2,5,7H2,1H3,(H,15,17)(H,16,20). The zero-order chi connectivity index (χ0) is 17.5. The van der Waals surface area contributed by atoms with Gasteiger partial charge in [0, 0.05) is 18.3 Å². The van der Waals surface area contributed by atoms with Gasteiger partial charge in [-0.05, 0) is 18.6 Å². The van der Waals surface area contributed by atoms with Crippen LogP contribution in [0.15, 0.2) is 22.5 Å². The summed E-state index contributed by atoms with van der Waals surface area (Å²) in [6, 6.07) is 4.11. The molecule has 2 rings (SSSR count). The zero-order valence-corrected chi connectivity index (χ0v) is 15.0. The first-order valence-corrected chi connectivity index (χ1v) is 9.11. The molecule has 0 saturated heterocycles. The number of hydrogen-bond donors (Lipinski definition) is 2. The number of halogens is 1. The van der Waals surface area contributed by atoms with Crippen LogP contribution in [0, 0.1) is 10.1 Å². The highest BCUT2D eigenvalue weighted by molar-refractivity contribution is 8.01. The van der Waals surface area contributed by atoms with Gasteiger partial charge in [0.05, 0.1) is 10.7 Å². The fraction of sp³-hybridized carbons (Fsp3) is 0.308. The normalized spacial score (nSPS) is 10.4. The Morgan fingerprint density at radius 2 is 2.25 bits per heavy atom. The van der Waals surface area contributed by atoms with E-state index in [1.807, 2.05) is 0 Å². The summed E-state index contributed by atoms with van der Waals surface area (Å²) in [4.78, 5) is 22.2. The number of amides is 1. The Hall–Kier alpha value is -1.91. The molecule has 2 N–H and O–H groups in total. The summed E-state index contributed by atoms with van der Waals surface area (Å²) in [5, 5.41) is 25.2. The summed E-state index contributed by atoms with van der Waals surface area (Å²) in [5.74, 6) is -0.173. The van der Waals surface area contributed by atoms with Crippen LogP contribution in [0.5, 0.6) is 0 Å². The van der Waals surface area contributed by atoms with E-state index in [4.69, 9.17) is 11.6 Å². The van der Waals surface area contributed by atoms with Crippen LogP contribution in [0.25, 0.3) is 0 Å². The van der Waals surface area contributed by atoms with E-state index < -0.39 is 4.92 Å². The number of carbonyl (C=O) groups excluding carboxylic acids is 1. The van der Waals surface area contributed by atoms with Crippen LogP contribution in [0.1, 0.15) is 13.3 Å². The summed E-state index contributed by atoms with van der Waals surface area (Å²) in [7, 11) is 0. The molecule has 1 aromatic heterocycles. The number of aromatic nitrogens is 2. The maximum Gasteiger partial charge on any atom is 0.289 e. The number of carbonyl (C=O) groups is 1. The van der Waals surface area contributed by atoms with E-state index in [2.05, 4.69) is 27.8 Å². The summed E-state index contributed by atoms with van der Waals surface area (Å²) < 4.78 is 0.672. The van der Waals surface area contributed by atoms with E-state index in [0.717, 1.165) is 13.0 Å². The molecule has 0 atom stereocenters. The highest BCUT2D eigenvalue weighted by atomic mass is 35.5. The van der Waals surface area contributed by atoms with Gasteiger partial charge in [0.2, 0.25) is 11.0 Å². The monoisotopic (exact) mass is 387 g/mol. The van der Waals surface area contributed by atoms with Gasteiger partial charge in [-0.15, -0.1) is 10.2 Å². The molecule has 11 heteroatoms. The van der Waals surface area contributed by atoms with E-state index in [0.29, 0.717) is 15.2 Å². The van der Waals surface area contributed by atoms with Crippen molar-refractivity contribution >= 4 is 57.1 Å². The highest BCUT2D eigenvalue weighted by Gasteiger charge is 2.14. The molecule has 1 aromatic carbocycles. The van der Waals surface area contributed by atoms with Crippen molar-refractivity contribution in [2.75, 3.05) is 22.9 Å². The van der Waals surface area contributed by atoms with Crippen molar-refractivity contribution in [1.29, 1.82) is 0 Å². The van der Waals surface area contributed by atoms with E-state index in [1.54, 1.807) is 0 Å². The van der Waals surface area contributed by atoms with Gasteiger partial charge in [0.1, 0.15) is 5.02 Å². The lowest BCUT2D eigenvalue weighted by atomic mass is 10.3. The number of nitro benzene ring substituents is 1. The summed E-state index contributed by atoms with van der Waals surface area (Å²) in [6.07, 6.45) is 0.984. The Bertz CT molecular complexity index is 740. The SMILES string of the molecule is CCCNc1nnc(SCC(=O)Nc2ccc(Cl)c([N+](=O)[O-])c2)s1. The van der Waals surface area contributed by atoms with E-state index in [1.165, 1.54) is 41.3 Å². The average molecular weight is 388 g/mol. The Kier molecular flexibility index (Phi) is 6.76. The van der Waals surface area contributed by atoms with Gasteiger partial charge in [-0.2, -0.15) is 0 Å². The summed E-state index contributed by atoms with van der Waals surface area (Å²) in [5.41, 5.74) is 0.0668. The molecular formula is C13H14ClN5O3S2. The lowest BCUT2D eigenvalue weighted by Gasteiger charge is -2.04. The predicted octanol–water partition coefficient (Wildman–Crippen LogP) is 3.65. The third-order valence-corrected chi connectivity index (χ3v) is 5.02. The molecule has 1 heterocycles. The Labute approximate surface area is 151 Å². The Balaban J connectivity index is 1.88. The summed E-state index contributed by atoms with van der Waals surface area (Å²) in [6.45, 7) is 2.87. The first-order valence-electron chi connectivity index (χ1n) is 6.93. The van der Waals surface area contributed by atoms with Crippen LogP contribution in [-0.2, 0) is 4.79 Å². The Morgan fingerprint density at radius 1 is 1.46 bits per heavy atom. The fourth-order valence-electron chi connectivity index (χ4n) is 1.63. The topological polar surface area (TPSA) is 110 Å². The van der Waals surface area contributed by atoms with Gasteiger partial charge >= 0.3 is 0 Å². The number of rotatable bonds is 8. The molecule has 24 heavy (non-hydrogen) atoms. The van der Waals surface area contributed by atoms with Crippen molar-refractivity contribution in [3.63, 3.8) is 0 Å². The molecule has 8 nitrogen and oxygen atoms in total. The third-order valence-electron chi connectivity index (χ3n) is 2.69. The number of benzene rings is 1. The van der Waals surface area contributed by atoms with Gasteiger partial charge < -0.3 is 10.6 Å². The van der Waals surface area contributed by atoms with E-state index in [-0.39, 0.29) is 22.4 Å². The lowest BCUT2D eigenvalue weighted by Crippen LogP contribution is -2.14. The van der Waals surface area contributed by atoms with E-state index >= 15 is 0 Å². The number of anilines is 2. The minimum Gasteiger partial charge on any atom is -0.360 e. The van der Waals surface area contributed by atoms with Crippen LogP contribution >= 0.6 is 34.7 Å². The molecule has 0 fully saturated rings. The molecule has 0 aliphatic carbocycles. The molecule has 0 aliphatic heterocycles. The maximum atomic E-state index is 11.9. The molecule has 0 saturated carbocycles. The van der Waals surface area contributed by atoms with Crippen LogP contribution in [0.3, 0.4) is 0 Å². The van der Waals surface area contributed by atoms with Crippen LogP contribution < -0.4 is 10.6 Å². The number of nitrogens with zero attached hydrogens (tertiary/aromatic N) is 3. The molecule has 128 valence electrons. The number of hydrogen-bond acceptors (Lipinski definition) is 8. The van der Waals surface area contributed by atoms with Crippen molar-refractivity contribution in [1.82, 2.24) is 10.2 Å². The minimum absolute atomic E-state index is 0.0216. The molecule has 0 unspecified atom stereocenters. The van der Waals surface area contributed by atoms with Gasteiger partial charge in [-0.25, -0.2) is 0 Å². The second-order valence-electron chi connectivity index (χ2n) is 4.56. The number of nitro groups is 1. The number of nitrogens with one attached hydrogen (secondary N) is 2. The quantitative estimate of drug-likeness (QED) is 0.404. The van der Waals surface area contributed by atoms with Gasteiger partial charge in [0.25, 0.3) is 5.69 Å². The maximum absolute atomic E-state index is 11.9. The van der Waals surface area contributed by atoms with E-state index in [9.17, 15) is 14.9 Å². The Morgan fingerprint density at radius 3 is 2.96 bits per heavy atom. The lowest BCUT2D eigenvalue weighted by molar-refractivity contribution is -0.384. The largest absolute Gasteiger partial charge is 0.360 e. The van der Waals surface area contributed by atoms with Gasteiger partial charge in [-0.3, -0.25) is 14.9 Å².